The zero-order valence-electron chi connectivity index (χ0n) is 14.7. The minimum absolute atomic E-state index is 0.00882. The molecule has 1 N–H and O–H groups in total. The van der Waals surface area contributed by atoms with E-state index in [2.05, 4.69) is 41.5 Å². The van der Waals surface area contributed by atoms with Gasteiger partial charge in [-0.3, -0.25) is 4.79 Å². The smallest absolute Gasteiger partial charge is 0.237 e. The largest absolute Gasteiger partial charge is 0.325 e. The van der Waals surface area contributed by atoms with E-state index in [-0.39, 0.29) is 11.2 Å². The molecule has 134 valence electrons. The molecule has 0 saturated heterocycles. The van der Waals surface area contributed by atoms with Crippen LogP contribution in [0.3, 0.4) is 0 Å². The number of amides is 1. The summed E-state index contributed by atoms with van der Waals surface area (Å²) < 4.78 is 1.82. The van der Waals surface area contributed by atoms with Crippen molar-refractivity contribution in [1.29, 1.82) is 0 Å². The van der Waals surface area contributed by atoms with Gasteiger partial charge in [-0.05, 0) is 55.4 Å². The van der Waals surface area contributed by atoms with Gasteiger partial charge in [0.15, 0.2) is 8.68 Å². The molecule has 1 aromatic heterocycles. The molecule has 7 heteroatoms. The number of anilines is 1. The maximum Gasteiger partial charge on any atom is 0.237 e. The number of carbonyl (C=O) groups excluding carboxylic acids is 1. The van der Waals surface area contributed by atoms with Gasteiger partial charge in [-0.15, -0.1) is 10.2 Å². The number of benzene rings is 1. The molecule has 0 bridgehead atoms. The maximum atomic E-state index is 12.5. The highest BCUT2D eigenvalue weighted by Crippen LogP contribution is 2.32. The van der Waals surface area contributed by atoms with Gasteiger partial charge in [0.2, 0.25) is 5.91 Å². The van der Waals surface area contributed by atoms with Gasteiger partial charge in [0.05, 0.1) is 5.25 Å². The third-order valence-corrected chi connectivity index (χ3v) is 7.61. The average molecular weight is 394 g/mol. The fraction of sp³-hybridized carbons (Fsp3) is 0.500. The van der Waals surface area contributed by atoms with Crippen molar-refractivity contribution >= 4 is 46.5 Å². The molecule has 4 nitrogen and oxygen atoms in total. The van der Waals surface area contributed by atoms with Gasteiger partial charge in [0.25, 0.3) is 0 Å². The highest BCUT2D eigenvalue weighted by atomic mass is 32.2. The van der Waals surface area contributed by atoms with Crippen LogP contribution < -0.4 is 5.32 Å². The van der Waals surface area contributed by atoms with Gasteiger partial charge < -0.3 is 5.32 Å². The Labute approximate surface area is 161 Å². The van der Waals surface area contributed by atoms with E-state index in [1.54, 1.807) is 23.1 Å². The normalized spacial score (nSPS) is 14.6. The van der Waals surface area contributed by atoms with Gasteiger partial charge in [0, 0.05) is 11.4 Å². The molecule has 3 rings (SSSR count). The number of thioether (sulfide) groups is 2. The summed E-state index contributed by atoms with van der Waals surface area (Å²) >= 11 is 4.77. The van der Waals surface area contributed by atoms with Crippen LogP contribution in [-0.4, -0.2) is 27.1 Å². The third kappa shape index (κ3) is 5.21. The van der Waals surface area contributed by atoms with Crippen LogP contribution in [0.4, 0.5) is 5.69 Å². The Morgan fingerprint density at radius 1 is 1.20 bits per heavy atom. The summed E-state index contributed by atoms with van der Waals surface area (Å²) in [4.78, 5) is 12.5. The summed E-state index contributed by atoms with van der Waals surface area (Å²) in [7, 11) is 0. The minimum atomic E-state index is -0.204. The number of hydrogen-bond acceptors (Lipinski definition) is 6. The van der Waals surface area contributed by atoms with E-state index in [0.717, 1.165) is 33.0 Å². The van der Waals surface area contributed by atoms with E-state index in [9.17, 15) is 4.79 Å². The van der Waals surface area contributed by atoms with Crippen LogP contribution in [0.2, 0.25) is 0 Å². The lowest BCUT2D eigenvalue weighted by Gasteiger charge is -2.11. The predicted octanol–water partition coefficient (Wildman–Crippen LogP) is 4.89. The quantitative estimate of drug-likeness (QED) is 0.679. The van der Waals surface area contributed by atoms with Crippen LogP contribution in [0, 0.1) is 5.92 Å². The molecule has 1 amide bonds. The highest BCUT2D eigenvalue weighted by Gasteiger charge is 2.18. The molecule has 1 aromatic carbocycles. The molecule has 0 spiro atoms. The summed E-state index contributed by atoms with van der Waals surface area (Å²) in [5.74, 6) is 1.67. The van der Waals surface area contributed by atoms with Crippen LogP contribution in [-0.2, 0) is 17.6 Å². The SMILES string of the molecule is CC(C)CSc1nnc(S[C@H](C)C(=O)Nc2ccc3c(c2)CCC3)s1. The van der Waals surface area contributed by atoms with E-state index >= 15 is 0 Å². The molecule has 1 atom stereocenters. The molecule has 1 aliphatic rings. The van der Waals surface area contributed by atoms with E-state index in [1.807, 2.05) is 13.0 Å². The van der Waals surface area contributed by atoms with Crippen LogP contribution >= 0.6 is 34.9 Å². The van der Waals surface area contributed by atoms with Crippen molar-refractivity contribution in [3.63, 3.8) is 0 Å². The minimum Gasteiger partial charge on any atom is -0.325 e. The van der Waals surface area contributed by atoms with Crippen LogP contribution in [0.25, 0.3) is 0 Å². The first-order valence-electron chi connectivity index (χ1n) is 8.57. The standard InChI is InChI=1S/C18H23N3OS3/c1-11(2)10-23-17-20-21-18(25-17)24-12(3)16(22)19-15-8-7-13-5-4-6-14(13)9-15/h7-9,11-12H,4-6,10H2,1-3H3,(H,19,22)/t12-/m1/s1. The molecular weight excluding hydrogens is 370 g/mol. The number of fused-ring (bicyclic) bond motifs is 1. The average Bonchev–Trinajstić information content (AvgIpc) is 3.21. The zero-order valence-corrected chi connectivity index (χ0v) is 17.2. The summed E-state index contributed by atoms with van der Waals surface area (Å²) in [6.45, 7) is 6.29. The second-order valence-electron chi connectivity index (χ2n) is 6.63. The fourth-order valence-electron chi connectivity index (χ4n) is 2.64. The van der Waals surface area contributed by atoms with Gasteiger partial charge in [-0.25, -0.2) is 0 Å². The monoisotopic (exact) mass is 393 g/mol. The number of hydrogen-bond donors (Lipinski definition) is 1. The molecule has 0 aliphatic heterocycles. The van der Waals surface area contributed by atoms with Crippen LogP contribution in [0.15, 0.2) is 26.9 Å². The second-order valence-corrected chi connectivity index (χ2v) is 10.5. The number of carbonyl (C=O) groups is 1. The second kappa shape index (κ2) is 8.56. The lowest BCUT2D eigenvalue weighted by molar-refractivity contribution is -0.115. The van der Waals surface area contributed by atoms with Gasteiger partial charge in [0.1, 0.15) is 0 Å². The first-order valence-corrected chi connectivity index (χ1v) is 11.2. The Bertz CT molecular complexity index is 745. The van der Waals surface area contributed by atoms with Gasteiger partial charge >= 0.3 is 0 Å². The van der Waals surface area contributed by atoms with Crippen molar-refractivity contribution in [2.45, 2.75) is 54.0 Å². The number of nitrogens with zero attached hydrogens (tertiary/aromatic N) is 2. The molecular formula is C18H23N3OS3. The highest BCUT2D eigenvalue weighted by molar-refractivity contribution is 8.03. The lowest BCUT2D eigenvalue weighted by atomic mass is 10.1. The van der Waals surface area contributed by atoms with Crippen molar-refractivity contribution in [3.8, 4) is 0 Å². The van der Waals surface area contributed by atoms with Crippen LogP contribution in [0.1, 0.15) is 38.3 Å². The molecule has 1 heterocycles. The summed E-state index contributed by atoms with van der Waals surface area (Å²) in [5, 5.41) is 11.2. The molecule has 0 fully saturated rings. The Morgan fingerprint density at radius 2 is 1.96 bits per heavy atom. The Balaban J connectivity index is 1.54. The van der Waals surface area contributed by atoms with E-state index in [0.29, 0.717) is 5.92 Å². The third-order valence-electron chi connectivity index (χ3n) is 3.94. The van der Waals surface area contributed by atoms with Crippen molar-refractivity contribution < 1.29 is 4.79 Å². The number of aromatic nitrogens is 2. The Morgan fingerprint density at radius 3 is 2.76 bits per heavy atom. The van der Waals surface area contributed by atoms with Crippen molar-refractivity contribution in [2.24, 2.45) is 5.92 Å². The van der Waals surface area contributed by atoms with Crippen molar-refractivity contribution in [1.82, 2.24) is 10.2 Å². The number of nitrogens with one attached hydrogen (secondary N) is 1. The Kier molecular flexibility index (Phi) is 6.41. The number of rotatable bonds is 7. The van der Waals surface area contributed by atoms with E-state index < -0.39 is 0 Å². The first kappa shape index (κ1) is 18.7. The molecule has 0 unspecified atom stereocenters. The first-order chi connectivity index (χ1) is 12.0. The van der Waals surface area contributed by atoms with Crippen LogP contribution in [0.5, 0.6) is 0 Å². The molecule has 2 aromatic rings. The number of aryl methyl sites for hydroxylation is 2. The van der Waals surface area contributed by atoms with E-state index in [4.69, 9.17) is 0 Å². The molecule has 0 saturated carbocycles. The van der Waals surface area contributed by atoms with Crippen molar-refractivity contribution in [2.75, 3.05) is 11.1 Å². The van der Waals surface area contributed by atoms with Gasteiger partial charge in [-0.2, -0.15) is 0 Å². The molecule has 25 heavy (non-hydrogen) atoms. The van der Waals surface area contributed by atoms with Crippen molar-refractivity contribution in [3.05, 3.63) is 29.3 Å². The topological polar surface area (TPSA) is 54.9 Å². The Hall–Kier alpha value is -1.05. The molecule has 1 aliphatic carbocycles. The summed E-state index contributed by atoms with van der Waals surface area (Å²) in [6.07, 6.45) is 3.49. The molecule has 0 radical (unpaired) electrons. The zero-order chi connectivity index (χ0) is 17.8. The lowest BCUT2D eigenvalue weighted by Crippen LogP contribution is -2.22. The fourth-order valence-corrected chi connectivity index (χ4v) is 5.78. The summed E-state index contributed by atoms with van der Waals surface area (Å²) in [6, 6.07) is 6.26. The maximum absolute atomic E-state index is 12.5. The van der Waals surface area contributed by atoms with E-state index in [1.165, 1.54) is 29.3 Å². The predicted molar refractivity (Wildman–Crippen MR) is 108 cm³/mol. The summed E-state index contributed by atoms with van der Waals surface area (Å²) in [5.41, 5.74) is 3.68. The van der Waals surface area contributed by atoms with Gasteiger partial charge in [-0.1, -0.05) is 54.8 Å².